The van der Waals surface area contributed by atoms with Crippen LogP contribution in [0, 0.1) is 5.92 Å². The van der Waals surface area contributed by atoms with Gasteiger partial charge in [-0.15, -0.1) is 0 Å². The van der Waals surface area contributed by atoms with Crippen molar-refractivity contribution in [2.24, 2.45) is 5.92 Å². The van der Waals surface area contributed by atoms with E-state index in [2.05, 4.69) is 21.2 Å². The molecule has 1 atom stereocenters. The smallest absolute Gasteiger partial charge is 0.326 e. The van der Waals surface area contributed by atoms with E-state index in [4.69, 9.17) is 5.11 Å². The summed E-state index contributed by atoms with van der Waals surface area (Å²) in [7, 11) is 0. The third-order valence-electron chi connectivity index (χ3n) is 2.40. The van der Waals surface area contributed by atoms with Crippen molar-refractivity contribution < 1.29 is 14.7 Å². The summed E-state index contributed by atoms with van der Waals surface area (Å²) in [6.45, 7) is 3.84. The second kappa shape index (κ2) is 6.54. The highest BCUT2D eigenvalue weighted by molar-refractivity contribution is 9.10. The van der Waals surface area contributed by atoms with Crippen LogP contribution in [-0.2, 0) is 4.79 Å². The molecule has 0 fully saturated rings. The monoisotopic (exact) mass is 313 g/mol. The van der Waals surface area contributed by atoms with Gasteiger partial charge in [-0.3, -0.25) is 4.79 Å². The second-order valence-corrected chi connectivity index (χ2v) is 5.42. The van der Waals surface area contributed by atoms with Crippen molar-refractivity contribution in [3.63, 3.8) is 0 Å². The topological polar surface area (TPSA) is 66.4 Å². The van der Waals surface area contributed by atoms with E-state index in [0.29, 0.717) is 12.0 Å². The standard InChI is InChI=1S/C13H16BrNO3/c1-8(2)6-11(13(17)18)15-12(16)9-4-3-5-10(14)7-9/h3-5,7-8,11H,6H2,1-2H3,(H,15,16)(H,17,18). The van der Waals surface area contributed by atoms with Crippen LogP contribution in [0.5, 0.6) is 0 Å². The molecule has 1 rings (SSSR count). The molecule has 98 valence electrons. The summed E-state index contributed by atoms with van der Waals surface area (Å²) < 4.78 is 0.783. The van der Waals surface area contributed by atoms with Crippen LogP contribution in [0.1, 0.15) is 30.6 Å². The predicted octanol–water partition coefficient (Wildman–Crippen LogP) is 2.68. The quantitative estimate of drug-likeness (QED) is 0.878. The van der Waals surface area contributed by atoms with Crippen LogP contribution >= 0.6 is 15.9 Å². The first-order valence-corrected chi connectivity index (χ1v) is 6.48. The van der Waals surface area contributed by atoms with Gasteiger partial charge in [-0.1, -0.05) is 35.8 Å². The van der Waals surface area contributed by atoms with Crippen molar-refractivity contribution in [3.8, 4) is 0 Å². The fourth-order valence-corrected chi connectivity index (χ4v) is 1.96. The van der Waals surface area contributed by atoms with Gasteiger partial charge >= 0.3 is 5.97 Å². The van der Waals surface area contributed by atoms with Crippen LogP contribution in [0.3, 0.4) is 0 Å². The van der Waals surface area contributed by atoms with E-state index in [1.807, 2.05) is 13.8 Å². The molecule has 2 N–H and O–H groups in total. The number of benzene rings is 1. The van der Waals surface area contributed by atoms with Crippen molar-refractivity contribution in [1.82, 2.24) is 5.32 Å². The maximum Gasteiger partial charge on any atom is 0.326 e. The van der Waals surface area contributed by atoms with E-state index in [1.165, 1.54) is 0 Å². The Morgan fingerprint density at radius 3 is 2.56 bits per heavy atom. The van der Waals surface area contributed by atoms with Gasteiger partial charge in [0.2, 0.25) is 0 Å². The highest BCUT2D eigenvalue weighted by Gasteiger charge is 2.21. The number of hydrogen-bond donors (Lipinski definition) is 2. The first-order valence-electron chi connectivity index (χ1n) is 5.69. The largest absolute Gasteiger partial charge is 0.480 e. The van der Waals surface area contributed by atoms with E-state index in [9.17, 15) is 9.59 Å². The van der Waals surface area contributed by atoms with Crippen LogP contribution < -0.4 is 5.32 Å². The average molecular weight is 314 g/mol. The molecule has 18 heavy (non-hydrogen) atoms. The Morgan fingerprint density at radius 1 is 1.39 bits per heavy atom. The molecule has 0 saturated carbocycles. The van der Waals surface area contributed by atoms with Gasteiger partial charge in [0.25, 0.3) is 5.91 Å². The predicted molar refractivity (Wildman–Crippen MR) is 72.5 cm³/mol. The molecule has 1 unspecified atom stereocenters. The van der Waals surface area contributed by atoms with E-state index in [0.717, 1.165) is 4.47 Å². The highest BCUT2D eigenvalue weighted by atomic mass is 79.9. The number of rotatable bonds is 5. The average Bonchev–Trinajstić information content (AvgIpc) is 2.27. The summed E-state index contributed by atoms with van der Waals surface area (Å²) in [6.07, 6.45) is 0.412. The van der Waals surface area contributed by atoms with E-state index >= 15 is 0 Å². The molecular formula is C13H16BrNO3. The summed E-state index contributed by atoms with van der Waals surface area (Å²) in [5.41, 5.74) is 0.444. The number of carboxylic acid groups (broad SMARTS) is 1. The molecule has 0 aliphatic rings. The third-order valence-corrected chi connectivity index (χ3v) is 2.89. The van der Waals surface area contributed by atoms with Gasteiger partial charge in [-0.05, 0) is 30.5 Å². The molecule has 0 heterocycles. The molecule has 0 aromatic heterocycles. The molecule has 0 aliphatic carbocycles. The van der Waals surface area contributed by atoms with Gasteiger partial charge in [0.1, 0.15) is 6.04 Å². The summed E-state index contributed by atoms with van der Waals surface area (Å²) >= 11 is 3.27. The molecular weight excluding hydrogens is 298 g/mol. The fraction of sp³-hybridized carbons (Fsp3) is 0.385. The highest BCUT2D eigenvalue weighted by Crippen LogP contribution is 2.12. The number of aliphatic carboxylic acids is 1. The minimum atomic E-state index is -1.01. The summed E-state index contributed by atoms with van der Waals surface area (Å²) in [4.78, 5) is 22.9. The van der Waals surface area contributed by atoms with Gasteiger partial charge in [0.15, 0.2) is 0 Å². The Labute approximate surface area is 115 Å². The SMILES string of the molecule is CC(C)CC(NC(=O)c1cccc(Br)c1)C(=O)O. The van der Waals surface area contributed by atoms with Crippen molar-refractivity contribution in [2.45, 2.75) is 26.3 Å². The van der Waals surface area contributed by atoms with Crippen LogP contribution in [0.15, 0.2) is 28.7 Å². The molecule has 0 bridgehead atoms. The Bertz CT molecular complexity index is 446. The van der Waals surface area contributed by atoms with Crippen LogP contribution in [-0.4, -0.2) is 23.0 Å². The first-order chi connectivity index (χ1) is 8.40. The number of carbonyl (C=O) groups excluding carboxylic acids is 1. The maximum atomic E-state index is 11.9. The van der Waals surface area contributed by atoms with Gasteiger partial charge in [-0.2, -0.15) is 0 Å². The Balaban J connectivity index is 2.75. The summed E-state index contributed by atoms with van der Waals surface area (Å²) in [5.74, 6) is -1.18. The molecule has 1 aromatic carbocycles. The van der Waals surface area contributed by atoms with Crippen molar-refractivity contribution in [2.75, 3.05) is 0 Å². The number of carbonyl (C=O) groups is 2. The second-order valence-electron chi connectivity index (χ2n) is 4.50. The fourth-order valence-electron chi connectivity index (χ4n) is 1.56. The molecule has 5 heteroatoms. The van der Waals surface area contributed by atoms with Gasteiger partial charge < -0.3 is 10.4 Å². The number of carboxylic acids is 1. The number of hydrogen-bond acceptors (Lipinski definition) is 2. The minimum Gasteiger partial charge on any atom is -0.480 e. The lowest BCUT2D eigenvalue weighted by atomic mass is 10.0. The Kier molecular flexibility index (Phi) is 5.34. The maximum absolute atomic E-state index is 11.9. The third kappa shape index (κ3) is 4.49. The zero-order valence-corrected chi connectivity index (χ0v) is 11.9. The Morgan fingerprint density at radius 2 is 2.06 bits per heavy atom. The number of nitrogens with one attached hydrogen (secondary N) is 1. The molecule has 1 aromatic rings. The van der Waals surface area contributed by atoms with Gasteiger partial charge in [-0.25, -0.2) is 4.79 Å². The summed E-state index contributed by atoms with van der Waals surface area (Å²) in [6, 6.07) is 5.99. The molecule has 4 nitrogen and oxygen atoms in total. The Hall–Kier alpha value is -1.36. The molecule has 0 aliphatic heterocycles. The summed E-state index contributed by atoms with van der Waals surface area (Å²) in [5, 5.41) is 11.6. The lowest BCUT2D eigenvalue weighted by Gasteiger charge is -2.16. The normalized spacial score (nSPS) is 12.2. The first kappa shape index (κ1) is 14.7. The number of halogens is 1. The zero-order chi connectivity index (χ0) is 13.7. The van der Waals surface area contributed by atoms with Gasteiger partial charge in [0.05, 0.1) is 0 Å². The van der Waals surface area contributed by atoms with Crippen molar-refractivity contribution >= 4 is 27.8 Å². The van der Waals surface area contributed by atoms with Crippen LogP contribution in [0.25, 0.3) is 0 Å². The van der Waals surface area contributed by atoms with Crippen molar-refractivity contribution in [3.05, 3.63) is 34.3 Å². The van der Waals surface area contributed by atoms with Crippen molar-refractivity contribution in [1.29, 1.82) is 0 Å². The molecule has 0 saturated heterocycles. The minimum absolute atomic E-state index is 0.203. The lowest BCUT2D eigenvalue weighted by molar-refractivity contribution is -0.139. The van der Waals surface area contributed by atoms with Crippen LogP contribution in [0.2, 0.25) is 0 Å². The number of amides is 1. The zero-order valence-electron chi connectivity index (χ0n) is 10.3. The van der Waals surface area contributed by atoms with Crippen LogP contribution in [0.4, 0.5) is 0 Å². The molecule has 0 radical (unpaired) electrons. The molecule has 1 amide bonds. The molecule has 0 spiro atoms. The van der Waals surface area contributed by atoms with E-state index in [-0.39, 0.29) is 11.8 Å². The van der Waals surface area contributed by atoms with E-state index < -0.39 is 12.0 Å². The van der Waals surface area contributed by atoms with Gasteiger partial charge in [0, 0.05) is 10.0 Å². The van der Waals surface area contributed by atoms with E-state index in [1.54, 1.807) is 24.3 Å². The lowest BCUT2D eigenvalue weighted by Crippen LogP contribution is -2.41.